The first-order valence-corrected chi connectivity index (χ1v) is 11.7. The number of ether oxygens (including phenoxy) is 1. The van der Waals surface area contributed by atoms with Crippen molar-refractivity contribution < 1.29 is 17.9 Å². The average molecular weight is 473 g/mol. The summed E-state index contributed by atoms with van der Waals surface area (Å²) in [5.74, 6) is 0.301. The van der Waals surface area contributed by atoms with Crippen LogP contribution in [0.2, 0.25) is 5.02 Å². The van der Waals surface area contributed by atoms with E-state index < -0.39 is 10.0 Å². The molecule has 0 fully saturated rings. The van der Waals surface area contributed by atoms with Crippen LogP contribution in [-0.4, -0.2) is 39.9 Å². The molecule has 0 radical (unpaired) electrons. The molecule has 0 aliphatic carbocycles. The summed E-state index contributed by atoms with van der Waals surface area (Å²) in [7, 11) is -0.781. The van der Waals surface area contributed by atoms with E-state index in [1.165, 1.54) is 17.0 Å². The van der Waals surface area contributed by atoms with Crippen molar-refractivity contribution in [2.24, 2.45) is 0 Å². The van der Waals surface area contributed by atoms with E-state index in [-0.39, 0.29) is 23.9 Å². The summed E-state index contributed by atoms with van der Waals surface area (Å²) in [6.07, 6.45) is 0. The number of carbonyl (C=O) groups excluding carboxylic acids is 1. The van der Waals surface area contributed by atoms with Gasteiger partial charge in [0.2, 0.25) is 5.91 Å². The number of likely N-dealkylation sites (N-methyl/N-ethyl adjacent to an activating group) is 1. The smallest absolute Gasteiger partial charge is 0.264 e. The summed E-state index contributed by atoms with van der Waals surface area (Å²) in [6, 6.07) is 20.3. The molecule has 0 N–H and O–H groups in total. The van der Waals surface area contributed by atoms with Crippen molar-refractivity contribution in [1.82, 2.24) is 4.90 Å². The quantitative estimate of drug-likeness (QED) is 0.483. The third kappa shape index (κ3) is 5.41. The van der Waals surface area contributed by atoms with E-state index >= 15 is 0 Å². The van der Waals surface area contributed by atoms with Crippen molar-refractivity contribution in [2.75, 3.05) is 25.0 Å². The Bertz CT molecular complexity index is 1180. The van der Waals surface area contributed by atoms with Crippen LogP contribution in [0.3, 0.4) is 0 Å². The van der Waals surface area contributed by atoms with Gasteiger partial charge in [-0.05, 0) is 49.4 Å². The van der Waals surface area contributed by atoms with Gasteiger partial charge in [0.15, 0.2) is 0 Å². The molecule has 3 aromatic rings. The normalized spacial score (nSPS) is 11.1. The van der Waals surface area contributed by atoms with Crippen LogP contribution in [0.25, 0.3) is 0 Å². The molecule has 168 valence electrons. The van der Waals surface area contributed by atoms with Gasteiger partial charge in [-0.1, -0.05) is 47.5 Å². The molecular formula is C24H25ClN2O4S. The van der Waals surface area contributed by atoms with E-state index in [1.807, 2.05) is 31.2 Å². The number of para-hydroxylation sites is 1. The highest BCUT2D eigenvalue weighted by molar-refractivity contribution is 7.92. The minimum atomic E-state index is -3.98. The number of hydrogen-bond acceptors (Lipinski definition) is 4. The topological polar surface area (TPSA) is 66.9 Å². The molecule has 6 nitrogen and oxygen atoms in total. The van der Waals surface area contributed by atoms with E-state index in [2.05, 4.69) is 0 Å². The number of rotatable bonds is 8. The highest BCUT2D eigenvalue weighted by atomic mass is 35.5. The second kappa shape index (κ2) is 10.1. The first-order chi connectivity index (χ1) is 15.2. The fourth-order valence-electron chi connectivity index (χ4n) is 3.18. The average Bonchev–Trinajstić information content (AvgIpc) is 2.78. The number of hydrogen-bond donors (Lipinski definition) is 0. The summed E-state index contributed by atoms with van der Waals surface area (Å²) in [4.78, 5) is 14.7. The van der Waals surface area contributed by atoms with Crippen molar-refractivity contribution in [2.45, 2.75) is 18.4 Å². The second-order valence-electron chi connectivity index (χ2n) is 7.36. The molecule has 8 heteroatoms. The predicted molar refractivity (Wildman–Crippen MR) is 127 cm³/mol. The molecule has 1 amide bonds. The summed E-state index contributed by atoms with van der Waals surface area (Å²) in [5, 5.41) is 0.473. The van der Waals surface area contributed by atoms with Crippen molar-refractivity contribution in [3.05, 3.63) is 88.9 Å². The summed E-state index contributed by atoms with van der Waals surface area (Å²) >= 11 is 5.99. The Kier molecular flexibility index (Phi) is 7.43. The second-order valence-corrected chi connectivity index (χ2v) is 9.66. The monoisotopic (exact) mass is 472 g/mol. The number of carbonyl (C=O) groups is 1. The molecule has 0 aliphatic heterocycles. The molecule has 0 aliphatic rings. The third-order valence-corrected chi connectivity index (χ3v) is 7.07. The van der Waals surface area contributed by atoms with E-state index in [0.717, 1.165) is 15.4 Å². The zero-order valence-electron chi connectivity index (χ0n) is 18.2. The summed E-state index contributed by atoms with van der Waals surface area (Å²) in [5.41, 5.74) is 2.12. The van der Waals surface area contributed by atoms with Crippen molar-refractivity contribution in [1.29, 1.82) is 0 Å². The van der Waals surface area contributed by atoms with E-state index in [0.29, 0.717) is 16.5 Å². The first kappa shape index (κ1) is 23.6. The van der Waals surface area contributed by atoms with Crippen LogP contribution in [0.5, 0.6) is 5.75 Å². The maximum absolute atomic E-state index is 13.4. The van der Waals surface area contributed by atoms with Crippen LogP contribution in [0, 0.1) is 6.92 Å². The Hall–Kier alpha value is -3.03. The van der Waals surface area contributed by atoms with Gasteiger partial charge in [-0.25, -0.2) is 8.42 Å². The van der Waals surface area contributed by atoms with Crippen molar-refractivity contribution >= 4 is 33.2 Å². The van der Waals surface area contributed by atoms with Crippen molar-refractivity contribution in [3.8, 4) is 5.75 Å². The van der Waals surface area contributed by atoms with E-state index in [1.54, 1.807) is 50.6 Å². The maximum atomic E-state index is 13.4. The van der Waals surface area contributed by atoms with Gasteiger partial charge in [0.25, 0.3) is 10.0 Å². The lowest BCUT2D eigenvalue weighted by atomic mass is 10.2. The molecule has 0 saturated heterocycles. The zero-order valence-corrected chi connectivity index (χ0v) is 19.7. The van der Waals surface area contributed by atoms with Crippen LogP contribution < -0.4 is 9.04 Å². The molecule has 0 saturated carbocycles. The number of aryl methyl sites for hydroxylation is 1. The fraction of sp³-hybridized carbons (Fsp3) is 0.208. The number of sulfonamides is 1. The number of amides is 1. The maximum Gasteiger partial charge on any atom is 0.264 e. The SMILES string of the molecule is COc1ccccc1CN(C)C(=O)CN(c1ccc(Cl)cc1)S(=O)(=O)c1ccc(C)cc1. The Morgan fingerprint density at radius 3 is 2.22 bits per heavy atom. The Balaban J connectivity index is 1.90. The minimum absolute atomic E-state index is 0.109. The Labute approximate surface area is 194 Å². The fourth-order valence-corrected chi connectivity index (χ4v) is 4.72. The molecule has 0 heterocycles. The van der Waals surface area contributed by atoms with Crippen LogP contribution in [0.4, 0.5) is 5.69 Å². The molecule has 3 rings (SSSR count). The lowest BCUT2D eigenvalue weighted by molar-refractivity contribution is -0.128. The summed E-state index contributed by atoms with van der Waals surface area (Å²) in [6.45, 7) is 1.80. The van der Waals surface area contributed by atoms with Gasteiger partial charge in [-0.3, -0.25) is 9.10 Å². The van der Waals surface area contributed by atoms with Crippen LogP contribution in [0.15, 0.2) is 77.7 Å². The molecule has 0 spiro atoms. The number of nitrogens with zero attached hydrogens (tertiary/aromatic N) is 2. The van der Waals surface area contributed by atoms with E-state index in [9.17, 15) is 13.2 Å². The number of benzene rings is 3. The molecule has 0 atom stereocenters. The lowest BCUT2D eigenvalue weighted by Gasteiger charge is -2.27. The number of anilines is 1. The van der Waals surface area contributed by atoms with Gasteiger partial charge < -0.3 is 9.64 Å². The standard InChI is InChI=1S/C24H25ClN2O4S/c1-18-8-14-22(15-9-18)32(29,30)27(21-12-10-20(25)11-13-21)17-24(28)26(2)16-19-6-4-5-7-23(19)31-3/h4-15H,16-17H2,1-3H3. The molecule has 32 heavy (non-hydrogen) atoms. The molecule has 0 bridgehead atoms. The van der Waals surface area contributed by atoms with Crippen LogP contribution in [0.1, 0.15) is 11.1 Å². The van der Waals surface area contributed by atoms with Gasteiger partial charge >= 0.3 is 0 Å². The third-order valence-electron chi connectivity index (χ3n) is 5.03. The zero-order chi connectivity index (χ0) is 23.3. The molecular weight excluding hydrogens is 448 g/mol. The highest BCUT2D eigenvalue weighted by Crippen LogP contribution is 2.26. The summed E-state index contributed by atoms with van der Waals surface area (Å²) < 4.78 is 33.4. The molecule has 0 unspecified atom stereocenters. The van der Waals surface area contributed by atoms with Gasteiger partial charge in [-0.15, -0.1) is 0 Å². The van der Waals surface area contributed by atoms with Gasteiger partial charge in [-0.2, -0.15) is 0 Å². The van der Waals surface area contributed by atoms with Crippen LogP contribution in [-0.2, 0) is 21.4 Å². The number of halogens is 1. The number of methoxy groups -OCH3 is 1. The van der Waals surface area contributed by atoms with Gasteiger partial charge in [0, 0.05) is 24.2 Å². The first-order valence-electron chi connectivity index (χ1n) is 9.93. The highest BCUT2D eigenvalue weighted by Gasteiger charge is 2.28. The van der Waals surface area contributed by atoms with Crippen molar-refractivity contribution in [3.63, 3.8) is 0 Å². The van der Waals surface area contributed by atoms with E-state index in [4.69, 9.17) is 16.3 Å². The van der Waals surface area contributed by atoms with Gasteiger partial charge in [0.05, 0.1) is 17.7 Å². The minimum Gasteiger partial charge on any atom is -0.496 e. The predicted octanol–water partition coefficient (Wildman–Crippen LogP) is 4.51. The molecule has 0 aromatic heterocycles. The van der Waals surface area contributed by atoms with Crippen LogP contribution >= 0.6 is 11.6 Å². The largest absolute Gasteiger partial charge is 0.496 e. The molecule has 3 aromatic carbocycles. The van der Waals surface area contributed by atoms with Gasteiger partial charge in [0.1, 0.15) is 12.3 Å². The Morgan fingerprint density at radius 2 is 1.59 bits per heavy atom. The Morgan fingerprint density at radius 1 is 0.969 bits per heavy atom. The lowest BCUT2D eigenvalue weighted by Crippen LogP contribution is -2.41.